The number of piperidine rings is 1. The van der Waals surface area contributed by atoms with E-state index in [1.54, 1.807) is 0 Å². The Hall–Kier alpha value is -2.33. The standard InChI is InChI=1S/C24H32N2O2/c1-18(2)28-23-6-4-5-21(15-23)16-25-24(27)22-11-13-26(14-12-22)17-20-9-7-19(3)8-10-20/h4-10,15,18,22H,11-14,16-17H2,1-3H3,(H,25,27). The molecule has 1 amide bonds. The number of carbonyl (C=O) groups excluding carboxylic acids is 1. The van der Waals surface area contributed by atoms with Crippen LogP contribution < -0.4 is 10.1 Å². The Bertz CT molecular complexity index is 762. The molecule has 3 rings (SSSR count). The molecule has 1 saturated heterocycles. The summed E-state index contributed by atoms with van der Waals surface area (Å²) in [6, 6.07) is 16.7. The molecule has 28 heavy (non-hydrogen) atoms. The third-order valence-corrected chi connectivity index (χ3v) is 5.22. The lowest BCUT2D eigenvalue weighted by molar-refractivity contribution is -0.126. The zero-order valence-corrected chi connectivity index (χ0v) is 17.3. The van der Waals surface area contributed by atoms with Gasteiger partial charge in [0.15, 0.2) is 0 Å². The van der Waals surface area contributed by atoms with Crippen molar-refractivity contribution in [3.8, 4) is 5.75 Å². The molecule has 0 aromatic heterocycles. The van der Waals surface area contributed by atoms with Crippen LogP contribution >= 0.6 is 0 Å². The Labute approximate surface area is 168 Å². The minimum absolute atomic E-state index is 0.115. The Balaban J connectivity index is 1.43. The van der Waals surface area contributed by atoms with Crippen molar-refractivity contribution in [1.29, 1.82) is 0 Å². The van der Waals surface area contributed by atoms with Gasteiger partial charge in [0.25, 0.3) is 0 Å². The fourth-order valence-electron chi connectivity index (χ4n) is 3.64. The molecule has 1 aliphatic rings. The topological polar surface area (TPSA) is 41.6 Å². The molecule has 0 unspecified atom stereocenters. The number of aryl methyl sites for hydroxylation is 1. The molecule has 150 valence electrons. The van der Waals surface area contributed by atoms with E-state index in [1.807, 2.05) is 38.1 Å². The van der Waals surface area contributed by atoms with Gasteiger partial charge in [-0.1, -0.05) is 42.0 Å². The molecule has 0 aliphatic carbocycles. The van der Waals surface area contributed by atoms with Crippen molar-refractivity contribution in [3.63, 3.8) is 0 Å². The molecule has 0 bridgehead atoms. The summed E-state index contributed by atoms with van der Waals surface area (Å²) in [5, 5.41) is 3.11. The van der Waals surface area contributed by atoms with Crippen LogP contribution in [-0.4, -0.2) is 30.0 Å². The lowest BCUT2D eigenvalue weighted by Gasteiger charge is -2.31. The zero-order chi connectivity index (χ0) is 19.9. The molecule has 0 radical (unpaired) electrons. The summed E-state index contributed by atoms with van der Waals surface area (Å²) < 4.78 is 5.73. The lowest BCUT2D eigenvalue weighted by atomic mass is 9.95. The minimum Gasteiger partial charge on any atom is -0.491 e. The van der Waals surface area contributed by atoms with Gasteiger partial charge in [-0.15, -0.1) is 0 Å². The Kier molecular flexibility index (Phi) is 7.10. The van der Waals surface area contributed by atoms with Gasteiger partial charge in [-0.2, -0.15) is 0 Å². The van der Waals surface area contributed by atoms with Gasteiger partial charge in [-0.25, -0.2) is 0 Å². The van der Waals surface area contributed by atoms with Crippen LogP contribution in [0.2, 0.25) is 0 Å². The second-order valence-corrected chi connectivity index (χ2v) is 8.07. The zero-order valence-electron chi connectivity index (χ0n) is 17.3. The van der Waals surface area contributed by atoms with Gasteiger partial charge in [-0.3, -0.25) is 9.69 Å². The van der Waals surface area contributed by atoms with E-state index in [2.05, 4.69) is 41.4 Å². The molecule has 4 heteroatoms. The second-order valence-electron chi connectivity index (χ2n) is 8.07. The first-order chi connectivity index (χ1) is 13.5. The summed E-state index contributed by atoms with van der Waals surface area (Å²) in [4.78, 5) is 15.0. The molecule has 4 nitrogen and oxygen atoms in total. The first-order valence-electron chi connectivity index (χ1n) is 10.3. The van der Waals surface area contributed by atoms with Gasteiger partial charge in [0.05, 0.1) is 6.10 Å². The van der Waals surface area contributed by atoms with E-state index in [0.29, 0.717) is 6.54 Å². The highest BCUT2D eigenvalue weighted by Crippen LogP contribution is 2.20. The first-order valence-corrected chi connectivity index (χ1v) is 10.3. The summed E-state index contributed by atoms with van der Waals surface area (Å²) >= 11 is 0. The number of hydrogen-bond acceptors (Lipinski definition) is 3. The van der Waals surface area contributed by atoms with Gasteiger partial charge in [0.2, 0.25) is 5.91 Å². The van der Waals surface area contributed by atoms with Crippen LogP contribution in [0.5, 0.6) is 5.75 Å². The molecule has 1 fully saturated rings. The van der Waals surface area contributed by atoms with Gasteiger partial charge < -0.3 is 10.1 Å². The average molecular weight is 381 g/mol. The molecule has 2 aromatic carbocycles. The van der Waals surface area contributed by atoms with Crippen molar-refractivity contribution < 1.29 is 9.53 Å². The largest absolute Gasteiger partial charge is 0.491 e. The molecule has 0 saturated carbocycles. The first kappa shape index (κ1) is 20.4. The Morgan fingerprint density at radius 2 is 1.82 bits per heavy atom. The van der Waals surface area contributed by atoms with Gasteiger partial charge >= 0.3 is 0 Å². The monoisotopic (exact) mass is 380 g/mol. The summed E-state index contributed by atoms with van der Waals surface area (Å²) in [6.45, 7) is 9.61. The van der Waals surface area contributed by atoms with E-state index in [1.165, 1.54) is 11.1 Å². The number of hydrogen-bond donors (Lipinski definition) is 1. The number of ether oxygens (including phenoxy) is 1. The fourth-order valence-corrected chi connectivity index (χ4v) is 3.64. The Morgan fingerprint density at radius 3 is 2.50 bits per heavy atom. The fraction of sp³-hybridized carbons (Fsp3) is 0.458. The third-order valence-electron chi connectivity index (χ3n) is 5.22. The summed E-state index contributed by atoms with van der Waals surface area (Å²) in [7, 11) is 0. The predicted octanol–water partition coefficient (Wildman–Crippen LogP) is 4.31. The quantitative estimate of drug-likeness (QED) is 0.778. The molecule has 0 spiro atoms. The smallest absolute Gasteiger partial charge is 0.223 e. The van der Waals surface area contributed by atoms with Gasteiger partial charge in [0, 0.05) is 19.0 Å². The van der Waals surface area contributed by atoms with Crippen molar-refractivity contribution in [2.75, 3.05) is 13.1 Å². The number of nitrogens with zero attached hydrogens (tertiary/aromatic N) is 1. The van der Waals surface area contributed by atoms with Crippen molar-refractivity contribution in [2.24, 2.45) is 5.92 Å². The maximum atomic E-state index is 12.6. The summed E-state index contributed by atoms with van der Waals surface area (Å²) in [6.07, 6.45) is 2.00. The van der Waals surface area contributed by atoms with Crippen molar-refractivity contribution >= 4 is 5.91 Å². The second kappa shape index (κ2) is 9.74. The molecule has 1 N–H and O–H groups in total. The van der Waals surface area contributed by atoms with E-state index < -0.39 is 0 Å². The van der Waals surface area contributed by atoms with Gasteiger partial charge in [-0.05, 0) is 70.0 Å². The van der Waals surface area contributed by atoms with E-state index in [0.717, 1.165) is 43.8 Å². The van der Waals surface area contributed by atoms with E-state index in [-0.39, 0.29) is 17.9 Å². The highest BCUT2D eigenvalue weighted by Gasteiger charge is 2.24. The van der Waals surface area contributed by atoms with Crippen LogP contribution in [0.15, 0.2) is 48.5 Å². The number of likely N-dealkylation sites (tertiary alicyclic amines) is 1. The number of carbonyl (C=O) groups is 1. The van der Waals surface area contributed by atoms with Crippen LogP contribution in [0.25, 0.3) is 0 Å². The van der Waals surface area contributed by atoms with Crippen molar-refractivity contribution in [2.45, 2.75) is 52.8 Å². The highest BCUT2D eigenvalue weighted by molar-refractivity contribution is 5.78. The number of rotatable bonds is 7. The molecule has 2 aromatic rings. The number of nitrogens with one attached hydrogen (secondary N) is 1. The van der Waals surface area contributed by atoms with Crippen LogP contribution in [0.4, 0.5) is 0 Å². The summed E-state index contributed by atoms with van der Waals surface area (Å²) in [5.74, 6) is 1.14. The number of benzene rings is 2. The van der Waals surface area contributed by atoms with E-state index in [9.17, 15) is 4.79 Å². The Morgan fingerprint density at radius 1 is 1.11 bits per heavy atom. The number of amides is 1. The summed E-state index contributed by atoms with van der Waals surface area (Å²) in [5.41, 5.74) is 3.71. The van der Waals surface area contributed by atoms with Gasteiger partial charge in [0.1, 0.15) is 5.75 Å². The SMILES string of the molecule is Cc1ccc(CN2CCC(C(=O)NCc3cccc(OC(C)C)c3)CC2)cc1. The van der Waals surface area contributed by atoms with Crippen LogP contribution in [-0.2, 0) is 17.9 Å². The normalized spacial score (nSPS) is 15.6. The van der Waals surface area contributed by atoms with E-state index >= 15 is 0 Å². The van der Waals surface area contributed by atoms with Crippen LogP contribution in [0, 0.1) is 12.8 Å². The van der Waals surface area contributed by atoms with Crippen LogP contribution in [0.3, 0.4) is 0 Å². The van der Waals surface area contributed by atoms with Crippen molar-refractivity contribution in [3.05, 3.63) is 65.2 Å². The minimum atomic E-state index is 0.115. The van der Waals surface area contributed by atoms with E-state index in [4.69, 9.17) is 4.74 Å². The van der Waals surface area contributed by atoms with Crippen LogP contribution in [0.1, 0.15) is 43.4 Å². The molecule has 1 aliphatic heterocycles. The third kappa shape index (κ3) is 6.10. The lowest BCUT2D eigenvalue weighted by Crippen LogP contribution is -2.40. The maximum Gasteiger partial charge on any atom is 0.223 e. The molecular weight excluding hydrogens is 348 g/mol. The highest BCUT2D eigenvalue weighted by atomic mass is 16.5. The molecular formula is C24H32N2O2. The average Bonchev–Trinajstić information content (AvgIpc) is 2.68. The van der Waals surface area contributed by atoms with Crippen molar-refractivity contribution in [1.82, 2.24) is 10.2 Å². The molecule has 0 atom stereocenters. The predicted molar refractivity (Wildman–Crippen MR) is 113 cm³/mol. The maximum absolute atomic E-state index is 12.6. The molecule has 1 heterocycles.